The molecule has 1 aromatic heterocycles. The highest BCUT2D eigenvalue weighted by atomic mass is 16.7. The topological polar surface area (TPSA) is 104 Å². The molecule has 2 aromatic rings. The van der Waals surface area contributed by atoms with Crippen LogP contribution in [0.4, 0.5) is 4.79 Å². The van der Waals surface area contributed by atoms with E-state index in [1.807, 2.05) is 0 Å². The number of hydrogen-bond acceptors (Lipinski definition) is 5. The number of esters is 1. The quantitative estimate of drug-likeness (QED) is 0.399. The van der Waals surface area contributed by atoms with Gasteiger partial charge in [-0.05, 0) is 24.3 Å². The minimum absolute atomic E-state index is 0.0833. The summed E-state index contributed by atoms with van der Waals surface area (Å²) in [6.45, 7) is -0.550. The van der Waals surface area contributed by atoms with Gasteiger partial charge < -0.3 is 15.2 Å². The molecule has 0 spiro atoms. The van der Waals surface area contributed by atoms with Gasteiger partial charge in [-0.3, -0.25) is 4.98 Å². The molecule has 1 amide bonds. The summed E-state index contributed by atoms with van der Waals surface area (Å²) in [6, 6.07) is 13.3. The molecule has 0 saturated heterocycles. The average molecular weight is 299 g/mol. The Hall–Kier alpha value is -3.22. The Bertz CT molecular complexity index is 672. The van der Waals surface area contributed by atoms with Crippen LogP contribution in [0.25, 0.3) is 0 Å². The van der Waals surface area contributed by atoms with Gasteiger partial charge in [-0.25, -0.2) is 9.59 Å². The van der Waals surface area contributed by atoms with Crippen LogP contribution in [-0.4, -0.2) is 29.7 Å². The maximum absolute atomic E-state index is 11.6. The summed E-state index contributed by atoms with van der Waals surface area (Å²) < 4.78 is 9.43. The molecular formula is C15H13N3O4. The van der Waals surface area contributed by atoms with E-state index in [0.29, 0.717) is 11.3 Å². The van der Waals surface area contributed by atoms with Crippen molar-refractivity contribution in [2.24, 2.45) is 10.7 Å². The highest BCUT2D eigenvalue weighted by molar-refractivity contribution is 6.01. The number of amidine groups is 1. The first-order valence-electron chi connectivity index (χ1n) is 6.31. The Labute approximate surface area is 126 Å². The van der Waals surface area contributed by atoms with E-state index in [1.54, 1.807) is 48.5 Å². The van der Waals surface area contributed by atoms with Gasteiger partial charge in [0, 0.05) is 6.20 Å². The lowest BCUT2D eigenvalue weighted by atomic mass is 10.2. The monoisotopic (exact) mass is 299 g/mol. The van der Waals surface area contributed by atoms with Crippen LogP contribution in [0.2, 0.25) is 0 Å². The predicted octanol–water partition coefficient (Wildman–Crippen LogP) is 1.74. The number of pyridine rings is 1. The normalized spacial score (nSPS) is 10.8. The lowest BCUT2D eigenvalue weighted by Gasteiger charge is -2.04. The molecule has 112 valence electrons. The Kier molecular flexibility index (Phi) is 5.20. The fourth-order valence-electron chi connectivity index (χ4n) is 1.49. The van der Waals surface area contributed by atoms with Crippen LogP contribution in [0.5, 0.6) is 0 Å². The van der Waals surface area contributed by atoms with Gasteiger partial charge in [-0.2, -0.15) is 4.99 Å². The van der Waals surface area contributed by atoms with Crippen molar-refractivity contribution in [3.63, 3.8) is 0 Å². The van der Waals surface area contributed by atoms with E-state index in [9.17, 15) is 9.59 Å². The van der Waals surface area contributed by atoms with E-state index in [1.165, 1.54) is 6.20 Å². The van der Waals surface area contributed by atoms with Crippen LogP contribution < -0.4 is 5.73 Å². The number of amides is 1. The van der Waals surface area contributed by atoms with E-state index in [0.717, 1.165) is 0 Å². The summed E-state index contributed by atoms with van der Waals surface area (Å²) >= 11 is 0. The summed E-state index contributed by atoms with van der Waals surface area (Å²) in [5.74, 6) is -0.685. The number of hydrogen-bond donors (Lipinski definition) is 1. The van der Waals surface area contributed by atoms with Gasteiger partial charge in [-0.1, -0.05) is 24.3 Å². The number of rotatable bonds is 4. The Balaban J connectivity index is 1.82. The molecule has 0 atom stereocenters. The molecular weight excluding hydrogens is 286 g/mol. The van der Waals surface area contributed by atoms with Gasteiger partial charge in [0.1, 0.15) is 5.69 Å². The standard InChI is InChI=1S/C15H13N3O4/c16-13(12-8-4-5-9-17-12)18-15(20)22-10-21-14(19)11-6-2-1-3-7-11/h1-9H,10H2,(H2,16,18,20). The molecule has 0 saturated carbocycles. The minimum atomic E-state index is -0.969. The molecule has 1 aromatic carbocycles. The second kappa shape index (κ2) is 7.53. The van der Waals surface area contributed by atoms with E-state index in [2.05, 4.69) is 14.7 Å². The van der Waals surface area contributed by atoms with Gasteiger partial charge in [0.2, 0.25) is 6.79 Å². The molecule has 0 aliphatic rings. The van der Waals surface area contributed by atoms with E-state index >= 15 is 0 Å². The molecule has 0 fully saturated rings. The summed E-state index contributed by atoms with van der Waals surface area (Å²) in [5, 5.41) is 0. The lowest BCUT2D eigenvalue weighted by molar-refractivity contribution is 0.000133. The number of nitrogens with two attached hydrogens (primary N) is 1. The first-order valence-corrected chi connectivity index (χ1v) is 6.31. The van der Waals surface area contributed by atoms with Crippen molar-refractivity contribution < 1.29 is 19.1 Å². The summed E-state index contributed by atoms with van der Waals surface area (Å²) in [7, 11) is 0. The second-order valence-electron chi connectivity index (χ2n) is 4.04. The van der Waals surface area contributed by atoms with Gasteiger partial charge >= 0.3 is 12.1 Å². The smallest absolute Gasteiger partial charge is 0.424 e. The summed E-state index contributed by atoms with van der Waals surface area (Å²) in [6.07, 6.45) is 0.550. The number of aromatic nitrogens is 1. The molecule has 0 unspecified atom stereocenters. The van der Waals surface area contributed by atoms with Crippen molar-refractivity contribution in [2.45, 2.75) is 0 Å². The van der Waals surface area contributed by atoms with Crippen molar-refractivity contribution in [2.75, 3.05) is 6.79 Å². The maximum Gasteiger partial charge on any atom is 0.438 e. The minimum Gasteiger partial charge on any atom is -0.424 e. The Morgan fingerprint density at radius 3 is 2.45 bits per heavy atom. The third-order valence-corrected chi connectivity index (χ3v) is 2.52. The number of carbonyl (C=O) groups is 2. The molecule has 7 heteroatoms. The number of nitrogens with zero attached hydrogens (tertiary/aromatic N) is 2. The first-order chi connectivity index (χ1) is 10.7. The van der Waals surface area contributed by atoms with Crippen LogP contribution in [-0.2, 0) is 9.47 Å². The van der Waals surface area contributed by atoms with Crippen LogP contribution in [0.1, 0.15) is 16.1 Å². The largest absolute Gasteiger partial charge is 0.438 e. The number of carbonyl (C=O) groups excluding carboxylic acids is 2. The molecule has 1 heterocycles. The zero-order valence-electron chi connectivity index (χ0n) is 11.5. The molecule has 0 aliphatic heterocycles. The number of benzene rings is 1. The zero-order valence-corrected chi connectivity index (χ0v) is 11.5. The van der Waals surface area contributed by atoms with Crippen molar-refractivity contribution in [3.05, 3.63) is 66.0 Å². The summed E-state index contributed by atoms with van der Waals surface area (Å²) in [5.41, 5.74) is 6.30. The predicted molar refractivity (Wildman–Crippen MR) is 78.2 cm³/mol. The van der Waals surface area contributed by atoms with Crippen molar-refractivity contribution in [1.29, 1.82) is 0 Å². The van der Waals surface area contributed by atoms with Gasteiger partial charge in [0.05, 0.1) is 5.56 Å². The molecule has 0 radical (unpaired) electrons. The van der Waals surface area contributed by atoms with E-state index in [4.69, 9.17) is 10.5 Å². The van der Waals surface area contributed by atoms with Crippen molar-refractivity contribution >= 4 is 17.9 Å². The number of aliphatic imine (C=N–C) groups is 1. The second-order valence-corrected chi connectivity index (χ2v) is 4.04. The van der Waals surface area contributed by atoms with Gasteiger partial charge in [-0.15, -0.1) is 0 Å². The number of ether oxygens (including phenoxy) is 2. The lowest BCUT2D eigenvalue weighted by Crippen LogP contribution is -2.18. The zero-order chi connectivity index (χ0) is 15.8. The molecule has 2 rings (SSSR count). The van der Waals surface area contributed by atoms with E-state index in [-0.39, 0.29) is 5.84 Å². The molecule has 2 N–H and O–H groups in total. The Morgan fingerprint density at radius 2 is 1.77 bits per heavy atom. The third kappa shape index (κ3) is 4.41. The molecule has 7 nitrogen and oxygen atoms in total. The van der Waals surface area contributed by atoms with Crippen LogP contribution in [0, 0.1) is 0 Å². The fourth-order valence-corrected chi connectivity index (χ4v) is 1.49. The van der Waals surface area contributed by atoms with Crippen LogP contribution in [0.3, 0.4) is 0 Å². The van der Waals surface area contributed by atoms with Crippen LogP contribution in [0.15, 0.2) is 59.7 Å². The van der Waals surface area contributed by atoms with Gasteiger partial charge in [0.25, 0.3) is 0 Å². The highest BCUT2D eigenvalue weighted by Crippen LogP contribution is 2.01. The van der Waals surface area contributed by atoms with Gasteiger partial charge in [0.15, 0.2) is 5.84 Å². The first kappa shape index (κ1) is 15.2. The molecule has 0 aliphatic carbocycles. The van der Waals surface area contributed by atoms with Crippen molar-refractivity contribution in [1.82, 2.24) is 4.98 Å². The fraction of sp³-hybridized carbons (Fsp3) is 0.0667. The summed E-state index contributed by atoms with van der Waals surface area (Å²) in [4.78, 5) is 30.4. The SMILES string of the molecule is NC(=NC(=O)OCOC(=O)c1ccccc1)c1ccccn1. The maximum atomic E-state index is 11.6. The molecule has 0 bridgehead atoms. The average Bonchev–Trinajstić information content (AvgIpc) is 2.56. The molecule has 22 heavy (non-hydrogen) atoms. The van der Waals surface area contributed by atoms with Crippen LogP contribution >= 0.6 is 0 Å². The van der Waals surface area contributed by atoms with E-state index < -0.39 is 18.9 Å². The van der Waals surface area contributed by atoms with Crippen molar-refractivity contribution in [3.8, 4) is 0 Å². The third-order valence-electron chi connectivity index (χ3n) is 2.52. The Morgan fingerprint density at radius 1 is 1.05 bits per heavy atom. The highest BCUT2D eigenvalue weighted by Gasteiger charge is 2.08.